The molecule has 1 aliphatic heterocycles. The Morgan fingerprint density at radius 2 is 2.20 bits per heavy atom. The van der Waals surface area contributed by atoms with Crippen molar-refractivity contribution in [3.05, 3.63) is 34.3 Å². The molecule has 0 aromatic heterocycles. The molecule has 5 heteroatoms. The Morgan fingerprint density at radius 3 is 2.75 bits per heavy atom. The molecular weight excluding hydrogens is 295 g/mol. The minimum atomic E-state index is 0. The van der Waals surface area contributed by atoms with Gasteiger partial charge in [-0.25, -0.2) is 0 Å². The van der Waals surface area contributed by atoms with Gasteiger partial charge in [-0.2, -0.15) is 0 Å². The number of rotatable bonds is 4. The summed E-state index contributed by atoms with van der Waals surface area (Å²) in [5.74, 6) is 0.0983. The van der Waals surface area contributed by atoms with Gasteiger partial charge in [0.25, 0.3) is 5.91 Å². The van der Waals surface area contributed by atoms with Crippen LogP contribution in [0.3, 0.4) is 0 Å². The van der Waals surface area contributed by atoms with Gasteiger partial charge in [0, 0.05) is 29.7 Å². The highest BCUT2D eigenvalue weighted by atomic mass is 35.5. The van der Waals surface area contributed by atoms with Crippen molar-refractivity contribution in [2.24, 2.45) is 0 Å². The predicted octanol–water partition coefficient (Wildman–Crippen LogP) is 3.28. The van der Waals surface area contributed by atoms with Crippen LogP contribution in [0, 0.1) is 6.92 Å². The van der Waals surface area contributed by atoms with Crippen molar-refractivity contribution in [3.8, 4) is 0 Å². The Hall–Kier alpha value is -0.770. The third-order valence-corrected chi connectivity index (χ3v) is 3.71. The van der Waals surface area contributed by atoms with Crippen LogP contribution in [0.1, 0.15) is 35.7 Å². The summed E-state index contributed by atoms with van der Waals surface area (Å²) < 4.78 is 0. The molecule has 112 valence electrons. The number of aryl methyl sites for hydroxylation is 1. The average molecular weight is 317 g/mol. The lowest BCUT2D eigenvalue weighted by molar-refractivity contribution is 0.0692. The molecule has 1 amide bonds. The van der Waals surface area contributed by atoms with Crippen molar-refractivity contribution in [2.75, 3.05) is 19.6 Å². The maximum absolute atomic E-state index is 12.7. The first-order valence-electron chi connectivity index (χ1n) is 6.90. The smallest absolute Gasteiger partial charge is 0.254 e. The minimum Gasteiger partial charge on any atom is -0.334 e. The molecule has 1 atom stereocenters. The zero-order valence-corrected chi connectivity index (χ0v) is 13.6. The van der Waals surface area contributed by atoms with E-state index >= 15 is 0 Å². The Bertz CT molecular complexity index is 439. The lowest BCUT2D eigenvalue weighted by atomic mass is 10.1. The molecule has 0 bridgehead atoms. The van der Waals surface area contributed by atoms with E-state index < -0.39 is 0 Å². The van der Waals surface area contributed by atoms with E-state index in [2.05, 4.69) is 12.2 Å². The van der Waals surface area contributed by atoms with Crippen LogP contribution < -0.4 is 5.32 Å². The van der Waals surface area contributed by atoms with Crippen LogP contribution in [0.5, 0.6) is 0 Å². The molecule has 20 heavy (non-hydrogen) atoms. The van der Waals surface area contributed by atoms with E-state index in [1.165, 1.54) is 0 Å². The Labute approximate surface area is 132 Å². The first-order chi connectivity index (χ1) is 9.11. The van der Waals surface area contributed by atoms with E-state index in [1.807, 2.05) is 24.0 Å². The second kappa shape index (κ2) is 7.87. The van der Waals surface area contributed by atoms with E-state index in [0.717, 1.165) is 38.0 Å². The Morgan fingerprint density at radius 1 is 1.45 bits per heavy atom. The number of nitrogens with zero attached hydrogens (tertiary/aromatic N) is 1. The van der Waals surface area contributed by atoms with Crippen LogP contribution in [0.2, 0.25) is 5.02 Å². The summed E-state index contributed by atoms with van der Waals surface area (Å²) in [6.45, 7) is 6.75. The third-order valence-electron chi connectivity index (χ3n) is 3.49. The minimum absolute atomic E-state index is 0. The molecule has 2 rings (SSSR count). The lowest BCUT2D eigenvalue weighted by Crippen LogP contribution is -2.42. The molecule has 1 unspecified atom stereocenters. The molecule has 0 aliphatic carbocycles. The van der Waals surface area contributed by atoms with Gasteiger partial charge in [-0.15, -0.1) is 12.4 Å². The highest BCUT2D eigenvalue weighted by molar-refractivity contribution is 6.31. The summed E-state index contributed by atoms with van der Waals surface area (Å²) in [5, 5.41) is 3.95. The normalized spacial score (nSPS) is 17.6. The first-order valence-corrected chi connectivity index (χ1v) is 7.28. The maximum Gasteiger partial charge on any atom is 0.254 e. The SMILES string of the molecule is CCCN(C(=O)c1cc(C)cc(Cl)c1)C1CCNC1.Cl. The summed E-state index contributed by atoms with van der Waals surface area (Å²) in [5.41, 5.74) is 1.72. The number of carbonyl (C=O) groups is 1. The summed E-state index contributed by atoms with van der Waals surface area (Å²) >= 11 is 6.05. The van der Waals surface area contributed by atoms with E-state index in [-0.39, 0.29) is 18.3 Å². The number of nitrogens with one attached hydrogen (secondary N) is 1. The Kier molecular flexibility index (Phi) is 6.80. The van der Waals surface area contributed by atoms with Gasteiger partial charge in [0.1, 0.15) is 0 Å². The third kappa shape index (κ3) is 4.11. The zero-order valence-electron chi connectivity index (χ0n) is 12.0. The maximum atomic E-state index is 12.7. The summed E-state index contributed by atoms with van der Waals surface area (Å²) in [6.07, 6.45) is 2.01. The molecular formula is C15H22Cl2N2O. The van der Waals surface area contributed by atoms with E-state index in [9.17, 15) is 4.79 Å². The largest absolute Gasteiger partial charge is 0.334 e. The van der Waals surface area contributed by atoms with Gasteiger partial charge < -0.3 is 10.2 Å². The van der Waals surface area contributed by atoms with Gasteiger partial charge in [-0.05, 0) is 50.1 Å². The van der Waals surface area contributed by atoms with Crippen LogP contribution in [0.4, 0.5) is 0 Å². The molecule has 3 nitrogen and oxygen atoms in total. The average Bonchev–Trinajstić information content (AvgIpc) is 2.87. The van der Waals surface area contributed by atoms with Crippen LogP contribution >= 0.6 is 24.0 Å². The summed E-state index contributed by atoms with van der Waals surface area (Å²) in [7, 11) is 0. The van der Waals surface area contributed by atoms with Crippen molar-refractivity contribution in [1.29, 1.82) is 0 Å². The van der Waals surface area contributed by atoms with Gasteiger partial charge in [-0.3, -0.25) is 4.79 Å². The molecule has 0 radical (unpaired) electrons. The fraction of sp³-hybridized carbons (Fsp3) is 0.533. The van der Waals surface area contributed by atoms with Crippen LogP contribution in [-0.2, 0) is 0 Å². The van der Waals surface area contributed by atoms with Gasteiger partial charge in [0.2, 0.25) is 0 Å². The van der Waals surface area contributed by atoms with Gasteiger partial charge in [0.05, 0.1) is 0 Å². The van der Waals surface area contributed by atoms with Crippen LogP contribution in [-0.4, -0.2) is 36.5 Å². The van der Waals surface area contributed by atoms with E-state index in [4.69, 9.17) is 11.6 Å². The number of hydrogen-bond acceptors (Lipinski definition) is 2. The Balaban J connectivity index is 0.00000200. The molecule has 1 aliphatic rings. The van der Waals surface area contributed by atoms with Gasteiger partial charge in [-0.1, -0.05) is 18.5 Å². The van der Waals surface area contributed by atoms with Crippen LogP contribution in [0.15, 0.2) is 18.2 Å². The van der Waals surface area contributed by atoms with Gasteiger partial charge in [0.15, 0.2) is 0 Å². The van der Waals surface area contributed by atoms with Crippen molar-refractivity contribution in [2.45, 2.75) is 32.7 Å². The number of halogens is 2. The second-order valence-electron chi connectivity index (χ2n) is 5.16. The second-order valence-corrected chi connectivity index (χ2v) is 5.60. The molecule has 1 saturated heterocycles. The summed E-state index contributed by atoms with van der Waals surface area (Å²) in [4.78, 5) is 14.7. The van der Waals surface area contributed by atoms with Crippen molar-refractivity contribution >= 4 is 29.9 Å². The van der Waals surface area contributed by atoms with Crippen molar-refractivity contribution in [3.63, 3.8) is 0 Å². The monoisotopic (exact) mass is 316 g/mol. The topological polar surface area (TPSA) is 32.3 Å². The molecule has 0 spiro atoms. The van der Waals surface area contributed by atoms with Gasteiger partial charge >= 0.3 is 0 Å². The number of amides is 1. The lowest BCUT2D eigenvalue weighted by Gasteiger charge is -2.28. The number of benzene rings is 1. The molecule has 1 aromatic carbocycles. The zero-order chi connectivity index (χ0) is 13.8. The quantitative estimate of drug-likeness (QED) is 0.924. The molecule has 1 fully saturated rings. The fourth-order valence-electron chi connectivity index (χ4n) is 2.62. The highest BCUT2D eigenvalue weighted by Gasteiger charge is 2.26. The standard InChI is InChI=1S/C15H21ClN2O.ClH/c1-3-6-18(14-4-5-17-10-14)15(19)12-7-11(2)8-13(16)9-12;/h7-9,14,17H,3-6,10H2,1-2H3;1H. The van der Waals surface area contributed by atoms with E-state index in [0.29, 0.717) is 16.6 Å². The van der Waals surface area contributed by atoms with Crippen LogP contribution in [0.25, 0.3) is 0 Å². The highest BCUT2D eigenvalue weighted by Crippen LogP contribution is 2.19. The predicted molar refractivity (Wildman–Crippen MR) is 86.0 cm³/mol. The van der Waals surface area contributed by atoms with E-state index in [1.54, 1.807) is 6.07 Å². The first kappa shape index (κ1) is 17.3. The molecule has 0 saturated carbocycles. The number of carbonyl (C=O) groups excluding carboxylic acids is 1. The molecule has 1 N–H and O–H groups in total. The van der Waals surface area contributed by atoms with Crippen molar-refractivity contribution < 1.29 is 4.79 Å². The number of hydrogen-bond donors (Lipinski definition) is 1. The molecule has 1 aromatic rings. The summed E-state index contributed by atoms with van der Waals surface area (Å²) in [6, 6.07) is 5.87. The molecule has 1 heterocycles. The van der Waals surface area contributed by atoms with Crippen molar-refractivity contribution in [1.82, 2.24) is 10.2 Å². The fourth-order valence-corrected chi connectivity index (χ4v) is 2.91.